The molecule has 0 radical (unpaired) electrons. The number of anilines is 2. The maximum atomic E-state index is 13.6. The van der Waals surface area contributed by atoms with Gasteiger partial charge in [-0.15, -0.1) is 0 Å². The molecule has 2 aromatic carbocycles. The summed E-state index contributed by atoms with van der Waals surface area (Å²) in [5.41, 5.74) is 1.91. The molecule has 3 rings (SSSR count). The largest absolute Gasteiger partial charge is 0.396 e. The third-order valence-electron chi connectivity index (χ3n) is 4.03. The predicted molar refractivity (Wildman–Crippen MR) is 96.9 cm³/mol. The van der Waals surface area contributed by atoms with E-state index in [9.17, 15) is 9.50 Å². The molecule has 0 saturated carbocycles. The fourth-order valence-corrected chi connectivity index (χ4v) is 3.04. The van der Waals surface area contributed by atoms with Crippen LogP contribution in [0.1, 0.15) is 12.0 Å². The topological polar surface area (TPSA) is 59.3 Å². The van der Waals surface area contributed by atoms with Crippen molar-refractivity contribution in [3.63, 3.8) is 0 Å². The molecule has 1 unspecified atom stereocenters. The van der Waals surface area contributed by atoms with E-state index in [0.717, 1.165) is 5.56 Å². The van der Waals surface area contributed by atoms with Crippen LogP contribution >= 0.6 is 11.6 Å². The van der Waals surface area contributed by atoms with Crippen molar-refractivity contribution in [1.29, 1.82) is 0 Å². The van der Waals surface area contributed by atoms with E-state index in [0.29, 0.717) is 35.2 Å². The lowest BCUT2D eigenvalue weighted by molar-refractivity contribution is 0.187. The Morgan fingerprint density at radius 3 is 2.80 bits per heavy atom. The number of benzene rings is 2. The summed E-state index contributed by atoms with van der Waals surface area (Å²) < 4.78 is 13.6. The molecule has 132 valence electrons. The normalized spacial score (nSPS) is 16.4. The summed E-state index contributed by atoms with van der Waals surface area (Å²) in [5.74, 6) is 0.198. The van der Waals surface area contributed by atoms with E-state index in [1.165, 1.54) is 17.0 Å². The number of aliphatic hydroxyl groups excluding tert-OH is 2. The van der Waals surface area contributed by atoms with E-state index in [2.05, 4.69) is 4.99 Å². The van der Waals surface area contributed by atoms with Gasteiger partial charge in [0.05, 0.1) is 5.69 Å². The average Bonchev–Trinajstić information content (AvgIpc) is 2.58. The second kappa shape index (κ2) is 7.39. The molecule has 1 atom stereocenters. The first kappa shape index (κ1) is 17.7. The second-order valence-corrected chi connectivity index (χ2v) is 6.25. The highest BCUT2D eigenvalue weighted by Gasteiger charge is 2.29. The van der Waals surface area contributed by atoms with Gasteiger partial charge in [-0.05, 0) is 42.8 Å². The minimum Gasteiger partial charge on any atom is -0.396 e. The van der Waals surface area contributed by atoms with E-state index in [-0.39, 0.29) is 6.61 Å². The van der Waals surface area contributed by atoms with Gasteiger partial charge in [0.25, 0.3) is 0 Å². The molecule has 1 heterocycles. The molecule has 7 heteroatoms. The van der Waals surface area contributed by atoms with Crippen LogP contribution in [0.15, 0.2) is 47.5 Å². The number of nitrogens with zero attached hydrogens (tertiary/aromatic N) is 3. The standard InChI is InChI=1S/C18H19ClFN3O2/c1-22(8-3-9-24)17-15-7-6-12(19)10-16(15)23(18(25)21-17)14-5-2-4-13(20)11-14/h2,4-7,10-11,18,24-25H,3,8-9H2,1H3. The maximum Gasteiger partial charge on any atom is 0.231 e. The van der Waals surface area contributed by atoms with E-state index in [4.69, 9.17) is 16.7 Å². The van der Waals surface area contributed by atoms with Crippen LogP contribution in [0.2, 0.25) is 5.02 Å². The number of hydrogen-bond donors (Lipinski definition) is 2. The summed E-state index contributed by atoms with van der Waals surface area (Å²) in [6.45, 7) is 0.660. The first-order valence-corrected chi connectivity index (χ1v) is 8.31. The van der Waals surface area contributed by atoms with Gasteiger partial charge in [-0.25, -0.2) is 9.38 Å². The fraction of sp³-hybridized carbons (Fsp3) is 0.278. The van der Waals surface area contributed by atoms with Gasteiger partial charge in [-0.1, -0.05) is 17.7 Å². The average molecular weight is 364 g/mol. The Balaban J connectivity index is 2.07. The Morgan fingerprint density at radius 2 is 2.08 bits per heavy atom. The number of fused-ring (bicyclic) bond motifs is 1. The summed E-state index contributed by atoms with van der Waals surface area (Å²) in [7, 11) is 1.84. The van der Waals surface area contributed by atoms with Crippen molar-refractivity contribution in [2.75, 3.05) is 25.1 Å². The molecular formula is C18H19ClFN3O2. The van der Waals surface area contributed by atoms with Crippen LogP contribution in [0.3, 0.4) is 0 Å². The van der Waals surface area contributed by atoms with Gasteiger partial charge in [0.15, 0.2) is 0 Å². The SMILES string of the molecule is CN(CCCO)C1=NC(O)N(c2cccc(F)c2)c2cc(Cl)ccc21. The molecule has 5 nitrogen and oxygen atoms in total. The number of halogens is 2. The van der Waals surface area contributed by atoms with Crippen LogP contribution in [0.25, 0.3) is 0 Å². The Kier molecular flexibility index (Phi) is 5.22. The molecule has 0 bridgehead atoms. The van der Waals surface area contributed by atoms with Crippen LogP contribution in [-0.2, 0) is 0 Å². The van der Waals surface area contributed by atoms with Crippen molar-refractivity contribution < 1.29 is 14.6 Å². The number of hydrogen-bond acceptors (Lipinski definition) is 5. The van der Waals surface area contributed by atoms with Crippen LogP contribution in [-0.4, -0.2) is 47.5 Å². The smallest absolute Gasteiger partial charge is 0.231 e. The Labute approximate surface area is 150 Å². The molecule has 0 aliphatic carbocycles. The molecule has 0 aromatic heterocycles. The molecular weight excluding hydrogens is 345 g/mol. The van der Waals surface area contributed by atoms with Crippen LogP contribution in [0, 0.1) is 5.82 Å². The Hall–Kier alpha value is -2.15. The molecule has 1 aliphatic rings. The van der Waals surface area contributed by atoms with Crippen LogP contribution in [0.4, 0.5) is 15.8 Å². The summed E-state index contributed by atoms with van der Waals surface area (Å²) in [6.07, 6.45) is -0.623. The minimum absolute atomic E-state index is 0.0725. The lowest BCUT2D eigenvalue weighted by atomic mass is 10.1. The monoisotopic (exact) mass is 363 g/mol. The van der Waals surface area contributed by atoms with Crippen molar-refractivity contribution in [3.05, 3.63) is 58.9 Å². The van der Waals surface area contributed by atoms with Gasteiger partial charge in [-0.3, -0.25) is 4.90 Å². The Morgan fingerprint density at radius 1 is 1.28 bits per heavy atom. The lowest BCUT2D eigenvalue weighted by Gasteiger charge is -2.36. The molecule has 0 amide bonds. The summed E-state index contributed by atoms with van der Waals surface area (Å²) in [6, 6.07) is 11.3. The summed E-state index contributed by atoms with van der Waals surface area (Å²) in [5, 5.41) is 20.1. The van der Waals surface area contributed by atoms with E-state index in [1.807, 2.05) is 18.0 Å². The number of aliphatic hydroxyl groups is 2. The maximum absolute atomic E-state index is 13.6. The first-order chi connectivity index (χ1) is 12.0. The predicted octanol–water partition coefficient (Wildman–Crippen LogP) is 2.97. The molecule has 0 fully saturated rings. The molecule has 1 aliphatic heterocycles. The zero-order valence-electron chi connectivity index (χ0n) is 13.7. The Bertz CT molecular complexity index is 800. The van der Waals surface area contributed by atoms with E-state index < -0.39 is 12.2 Å². The zero-order chi connectivity index (χ0) is 18.0. The molecule has 2 aromatic rings. The van der Waals surface area contributed by atoms with Gasteiger partial charge in [0, 0.05) is 36.5 Å². The van der Waals surface area contributed by atoms with Gasteiger partial charge < -0.3 is 15.1 Å². The fourth-order valence-electron chi connectivity index (χ4n) is 2.87. The molecule has 2 N–H and O–H groups in total. The second-order valence-electron chi connectivity index (χ2n) is 5.81. The van der Waals surface area contributed by atoms with E-state index in [1.54, 1.807) is 24.3 Å². The third kappa shape index (κ3) is 3.61. The van der Waals surface area contributed by atoms with E-state index >= 15 is 0 Å². The van der Waals surface area contributed by atoms with Crippen molar-refractivity contribution in [2.24, 2.45) is 4.99 Å². The minimum atomic E-state index is -1.21. The van der Waals surface area contributed by atoms with Crippen molar-refractivity contribution in [1.82, 2.24) is 4.90 Å². The molecule has 0 saturated heterocycles. The van der Waals surface area contributed by atoms with Gasteiger partial charge in [0.2, 0.25) is 6.35 Å². The van der Waals surface area contributed by atoms with Gasteiger partial charge in [0.1, 0.15) is 11.7 Å². The third-order valence-corrected chi connectivity index (χ3v) is 4.26. The first-order valence-electron chi connectivity index (χ1n) is 7.94. The van der Waals surface area contributed by atoms with Crippen LogP contribution < -0.4 is 4.90 Å². The molecule has 0 spiro atoms. The van der Waals surface area contributed by atoms with Crippen molar-refractivity contribution >= 4 is 28.8 Å². The number of rotatable bonds is 4. The highest BCUT2D eigenvalue weighted by molar-refractivity contribution is 6.31. The quantitative estimate of drug-likeness (QED) is 0.876. The van der Waals surface area contributed by atoms with Crippen molar-refractivity contribution in [3.8, 4) is 0 Å². The molecule has 25 heavy (non-hydrogen) atoms. The number of aliphatic imine (C=N–C) groups is 1. The highest BCUT2D eigenvalue weighted by atomic mass is 35.5. The number of amidine groups is 1. The summed E-state index contributed by atoms with van der Waals surface area (Å²) in [4.78, 5) is 7.78. The van der Waals surface area contributed by atoms with Crippen molar-refractivity contribution in [2.45, 2.75) is 12.8 Å². The highest BCUT2D eigenvalue weighted by Crippen LogP contribution is 2.37. The van der Waals surface area contributed by atoms with Gasteiger partial charge >= 0.3 is 0 Å². The van der Waals surface area contributed by atoms with Crippen LogP contribution in [0.5, 0.6) is 0 Å². The lowest BCUT2D eigenvalue weighted by Crippen LogP contribution is -2.40. The van der Waals surface area contributed by atoms with Gasteiger partial charge in [-0.2, -0.15) is 0 Å². The zero-order valence-corrected chi connectivity index (χ0v) is 14.5. The summed E-state index contributed by atoms with van der Waals surface area (Å²) >= 11 is 6.15.